The van der Waals surface area contributed by atoms with E-state index < -0.39 is 53.1 Å². The molecular formula is C25H21BrF7N3O4S. The van der Waals surface area contributed by atoms with Crippen LogP contribution >= 0.6 is 27.3 Å². The predicted molar refractivity (Wildman–Crippen MR) is 137 cm³/mol. The second-order valence-corrected chi connectivity index (χ2v) is 10.2. The number of benzene rings is 1. The number of pyridine rings is 1. The van der Waals surface area contributed by atoms with Gasteiger partial charge in [-0.15, -0.1) is 11.3 Å². The van der Waals surface area contributed by atoms with E-state index in [9.17, 15) is 35.8 Å². The Morgan fingerprint density at radius 2 is 1.73 bits per heavy atom. The summed E-state index contributed by atoms with van der Waals surface area (Å²) in [5, 5.41) is 19.1. The maximum absolute atomic E-state index is 14.3. The molecule has 0 aliphatic rings. The van der Waals surface area contributed by atoms with Crippen LogP contribution in [0.25, 0.3) is 0 Å². The molecule has 0 aliphatic carbocycles. The molecule has 222 valence electrons. The van der Waals surface area contributed by atoms with E-state index in [0.717, 1.165) is 36.8 Å². The van der Waals surface area contributed by atoms with E-state index >= 15 is 0 Å². The molecule has 3 rings (SSSR count). The molecule has 1 aromatic carbocycles. The van der Waals surface area contributed by atoms with Crippen molar-refractivity contribution in [3.63, 3.8) is 0 Å². The molecule has 2 unspecified atom stereocenters. The summed E-state index contributed by atoms with van der Waals surface area (Å²) in [4.78, 5) is 7.71. The first-order valence-electron chi connectivity index (χ1n) is 11.4. The van der Waals surface area contributed by atoms with E-state index in [0.29, 0.717) is 21.4 Å². The maximum Gasteiger partial charge on any atom is 0.429 e. The van der Waals surface area contributed by atoms with E-state index in [-0.39, 0.29) is 16.9 Å². The van der Waals surface area contributed by atoms with Gasteiger partial charge >= 0.3 is 19.4 Å². The highest BCUT2D eigenvalue weighted by atomic mass is 79.9. The van der Waals surface area contributed by atoms with Crippen molar-refractivity contribution >= 4 is 27.3 Å². The second-order valence-electron chi connectivity index (χ2n) is 8.18. The molecule has 7 nitrogen and oxygen atoms in total. The number of nitrogens with one attached hydrogen (secondary N) is 1. The van der Waals surface area contributed by atoms with E-state index in [2.05, 4.69) is 35.4 Å². The molecule has 0 bridgehead atoms. The SMILES string of the molecule is C/C=C(\C=C/NO)CC(c1ccc(OC(F)F)c(OC(F)F)c1)c1cnc(C(O)(c2ccc(Br)cn2)C(F)(F)F)s1. The number of nitrogens with zero attached hydrogens (tertiary/aromatic N) is 2. The lowest BCUT2D eigenvalue weighted by molar-refractivity contribution is -0.249. The lowest BCUT2D eigenvalue weighted by Gasteiger charge is -2.28. The van der Waals surface area contributed by atoms with Crippen molar-refractivity contribution in [1.82, 2.24) is 15.4 Å². The molecule has 3 aromatic rings. The quantitative estimate of drug-likeness (QED) is 0.106. The number of rotatable bonds is 12. The Morgan fingerprint density at radius 3 is 2.29 bits per heavy atom. The van der Waals surface area contributed by atoms with Crippen LogP contribution in [0.4, 0.5) is 30.7 Å². The van der Waals surface area contributed by atoms with Gasteiger partial charge < -0.3 is 14.6 Å². The molecule has 0 amide bonds. The Morgan fingerprint density at radius 1 is 1.05 bits per heavy atom. The lowest BCUT2D eigenvalue weighted by atomic mass is 9.90. The summed E-state index contributed by atoms with van der Waals surface area (Å²) in [5.74, 6) is -2.32. The Hall–Kier alpha value is -3.21. The highest BCUT2D eigenvalue weighted by Crippen LogP contribution is 2.47. The van der Waals surface area contributed by atoms with Gasteiger partial charge in [-0.1, -0.05) is 12.1 Å². The zero-order valence-corrected chi connectivity index (χ0v) is 23.2. The summed E-state index contributed by atoms with van der Waals surface area (Å²) in [6, 6.07) is 5.47. The van der Waals surface area contributed by atoms with Gasteiger partial charge in [0, 0.05) is 33.9 Å². The molecule has 0 saturated carbocycles. The van der Waals surface area contributed by atoms with E-state index in [4.69, 9.17) is 5.21 Å². The van der Waals surface area contributed by atoms with Gasteiger partial charge in [0.1, 0.15) is 5.01 Å². The molecule has 0 saturated heterocycles. The molecule has 0 spiro atoms. The molecule has 2 aromatic heterocycles. The first kappa shape index (κ1) is 32.3. The molecule has 2 heterocycles. The van der Waals surface area contributed by atoms with Crippen molar-refractivity contribution in [1.29, 1.82) is 0 Å². The van der Waals surface area contributed by atoms with Gasteiger partial charge in [0.2, 0.25) is 0 Å². The molecule has 3 N–H and O–H groups in total. The van der Waals surface area contributed by atoms with Crippen LogP contribution in [-0.2, 0) is 5.60 Å². The van der Waals surface area contributed by atoms with Gasteiger partial charge in [-0.2, -0.15) is 30.7 Å². The average molecular weight is 672 g/mol. The molecule has 16 heteroatoms. The minimum atomic E-state index is -5.24. The highest BCUT2D eigenvalue weighted by Gasteiger charge is 2.59. The van der Waals surface area contributed by atoms with Crippen LogP contribution in [-0.4, -0.2) is 39.7 Å². The number of alkyl halides is 7. The molecule has 0 aliphatic heterocycles. The number of aliphatic hydroxyl groups is 1. The zero-order chi connectivity index (χ0) is 30.4. The van der Waals surface area contributed by atoms with Crippen LogP contribution in [0.3, 0.4) is 0 Å². The highest BCUT2D eigenvalue weighted by molar-refractivity contribution is 9.10. The fourth-order valence-electron chi connectivity index (χ4n) is 3.75. The van der Waals surface area contributed by atoms with Gasteiger partial charge in [0.05, 0.1) is 5.69 Å². The Balaban J connectivity index is 2.17. The van der Waals surface area contributed by atoms with Gasteiger partial charge in [-0.3, -0.25) is 15.7 Å². The number of thiazole rings is 1. The van der Waals surface area contributed by atoms with Gasteiger partial charge in [-0.25, -0.2) is 4.98 Å². The molecule has 0 radical (unpaired) electrons. The van der Waals surface area contributed by atoms with Crippen LogP contribution in [0.2, 0.25) is 0 Å². The number of halogens is 8. The Labute approximate surface area is 241 Å². The van der Waals surface area contributed by atoms with E-state index in [1.54, 1.807) is 13.0 Å². The van der Waals surface area contributed by atoms with Crippen molar-refractivity contribution in [3.05, 3.63) is 92.3 Å². The second kappa shape index (κ2) is 13.6. The minimum Gasteiger partial charge on any atom is -0.431 e. The number of ether oxygens (including phenoxy) is 2. The van der Waals surface area contributed by atoms with Crippen LogP contribution in [0.5, 0.6) is 11.5 Å². The van der Waals surface area contributed by atoms with Gasteiger partial charge in [0.25, 0.3) is 5.60 Å². The standard InChI is InChI=1S/C25H21BrF7N3O4S/c1-2-13(7-8-36-38)9-16(14-3-5-17(39-22(27)28)18(10-14)40-23(29)30)19-12-35-21(41-19)24(37,25(31,32)33)20-6-4-15(26)11-34-20/h2-8,10-12,16,22-23,36-38H,9H2,1H3/b8-7-,13-2+. The summed E-state index contributed by atoms with van der Waals surface area (Å²) in [6.07, 6.45) is 1.16. The fraction of sp³-hybridized carbons (Fsp3) is 0.280. The molecule has 2 atom stereocenters. The number of hydrogen-bond acceptors (Lipinski definition) is 8. The third-order valence-corrected chi connectivity index (χ3v) is 7.36. The zero-order valence-electron chi connectivity index (χ0n) is 20.7. The molecule has 0 fully saturated rings. The minimum absolute atomic E-state index is 0.0143. The summed E-state index contributed by atoms with van der Waals surface area (Å²) in [5.41, 5.74) is -1.83. The van der Waals surface area contributed by atoms with Crippen LogP contribution in [0.1, 0.15) is 40.4 Å². The normalized spacial score (nSPS) is 14.9. The summed E-state index contributed by atoms with van der Waals surface area (Å²) < 4.78 is 104. The monoisotopic (exact) mass is 671 g/mol. The number of aromatic nitrogens is 2. The number of hydroxylamine groups is 1. The Kier molecular flexibility index (Phi) is 10.7. The van der Waals surface area contributed by atoms with Crippen molar-refractivity contribution in [2.75, 3.05) is 0 Å². The third-order valence-electron chi connectivity index (χ3n) is 5.67. The van der Waals surface area contributed by atoms with E-state index in [1.807, 2.05) is 5.48 Å². The van der Waals surface area contributed by atoms with Crippen molar-refractivity contribution in [2.45, 2.75) is 44.3 Å². The number of hydrogen-bond donors (Lipinski definition) is 3. The number of allylic oxidation sites excluding steroid dienone is 3. The summed E-state index contributed by atoms with van der Waals surface area (Å²) in [6.45, 7) is -5.11. The van der Waals surface area contributed by atoms with Gasteiger partial charge in [-0.05, 0) is 70.8 Å². The van der Waals surface area contributed by atoms with Crippen LogP contribution in [0, 0.1) is 0 Å². The summed E-state index contributed by atoms with van der Waals surface area (Å²) in [7, 11) is 0. The van der Waals surface area contributed by atoms with Crippen molar-refractivity contribution in [2.24, 2.45) is 0 Å². The lowest BCUT2D eigenvalue weighted by Crippen LogP contribution is -2.44. The first-order chi connectivity index (χ1) is 19.3. The largest absolute Gasteiger partial charge is 0.431 e. The topological polar surface area (TPSA) is 96.7 Å². The van der Waals surface area contributed by atoms with Crippen LogP contribution in [0.15, 0.2) is 71.1 Å². The molecular weight excluding hydrogens is 651 g/mol. The average Bonchev–Trinajstić information content (AvgIpc) is 3.39. The summed E-state index contributed by atoms with van der Waals surface area (Å²) >= 11 is 3.57. The van der Waals surface area contributed by atoms with Gasteiger partial charge in [0.15, 0.2) is 11.5 Å². The first-order valence-corrected chi connectivity index (χ1v) is 13.0. The Bertz CT molecular complexity index is 1370. The fourth-order valence-corrected chi connectivity index (χ4v) is 5.15. The van der Waals surface area contributed by atoms with E-state index in [1.165, 1.54) is 18.2 Å². The maximum atomic E-state index is 14.3. The van der Waals surface area contributed by atoms with Crippen molar-refractivity contribution < 1.29 is 50.5 Å². The smallest absolute Gasteiger partial charge is 0.429 e. The van der Waals surface area contributed by atoms with Crippen LogP contribution < -0.4 is 15.0 Å². The predicted octanol–water partition coefficient (Wildman–Crippen LogP) is 7.26. The molecule has 41 heavy (non-hydrogen) atoms. The van der Waals surface area contributed by atoms with Crippen molar-refractivity contribution in [3.8, 4) is 11.5 Å². The third kappa shape index (κ3) is 7.75.